The minimum Gasteiger partial charge on any atom is -0.396 e. The Morgan fingerprint density at radius 1 is 1.33 bits per heavy atom. The second-order valence-corrected chi connectivity index (χ2v) is 4.15. The van der Waals surface area contributed by atoms with E-state index in [2.05, 4.69) is 0 Å². The number of rotatable bonds is 7. The van der Waals surface area contributed by atoms with E-state index in [4.69, 9.17) is 5.11 Å². The predicted octanol–water partition coefficient (Wildman–Crippen LogP) is 1.85. The van der Waals surface area contributed by atoms with Gasteiger partial charge < -0.3 is 10.0 Å². The van der Waals surface area contributed by atoms with E-state index in [0.717, 1.165) is 6.07 Å². The lowest BCUT2D eigenvalue weighted by molar-refractivity contribution is 0.0963. The number of Topliss-reactive ketones (excluding diaryl/α,β-unsaturated/α-hetero) is 1. The third-order valence-corrected chi connectivity index (χ3v) is 2.67. The van der Waals surface area contributed by atoms with Gasteiger partial charge in [-0.2, -0.15) is 0 Å². The van der Waals surface area contributed by atoms with Crippen LogP contribution in [0.25, 0.3) is 0 Å². The summed E-state index contributed by atoms with van der Waals surface area (Å²) in [5.74, 6) is -2.50. The first kappa shape index (κ1) is 14.7. The van der Waals surface area contributed by atoms with Crippen LogP contribution in [0.5, 0.6) is 0 Å². The molecule has 0 atom stereocenters. The van der Waals surface area contributed by atoms with Gasteiger partial charge in [0.15, 0.2) is 17.4 Å². The van der Waals surface area contributed by atoms with Crippen LogP contribution in [0.15, 0.2) is 18.2 Å². The van der Waals surface area contributed by atoms with Gasteiger partial charge in [-0.1, -0.05) is 6.07 Å². The summed E-state index contributed by atoms with van der Waals surface area (Å²) in [4.78, 5) is 13.6. The maximum Gasteiger partial charge on any atom is 0.169 e. The highest BCUT2D eigenvalue weighted by molar-refractivity contribution is 5.96. The second-order valence-electron chi connectivity index (χ2n) is 4.15. The number of hydrogen-bond acceptors (Lipinski definition) is 3. The number of benzene rings is 1. The Bertz CT molecular complexity index is 410. The number of aliphatic hydroxyl groups is 1. The Balaban J connectivity index is 2.53. The van der Waals surface area contributed by atoms with Gasteiger partial charge in [0, 0.05) is 26.1 Å². The van der Waals surface area contributed by atoms with Gasteiger partial charge in [-0.25, -0.2) is 8.78 Å². The monoisotopic (exact) mass is 257 g/mol. The van der Waals surface area contributed by atoms with Crippen molar-refractivity contribution in [2.24, 2.45) is 0 Å². The van der Waals surface area contributed by atoms with Crippen LogP contribution in [0.1, 0.15) is 23.2 Å². The number of halogens is 2. The fourth-order valence-corrected chi connectivity index (χ4v) is 1.60. The van der Waals surface area contributed by atoms with Crippen molar-refractivity contribution in [2.45, 2.75) is 12.8 Å². The van der Waals surface area contributed by atoms with E-state index in [0.29, 0.717) is 19.5 Å². The Morgan fingerprint density at radius 3 is 2.72 bits per heavy atom. The standard InChI is InChI=1S/C13H17F2NO2/c1-16(7-3-9-17)8-6-12(18)10-4-2-5-11(14)13(10)15/h2,4-5,17H,3,6-9H2,1H3. The molecule has 1 aromatic rings. The maximum atomic E-state index is 13.3. The first-order valence-corrected chi connectivity index (χ1v) is 5.83. The molecule has 0 bridgehead atoms. The fraction of sp³-hybridized carbons (Fsp3) is 0.462. The van der Waals surface area contributed by atoms with E-state index < -0.39 is 17.4 Å². The molecule has 1 rings (SSSR count). The number of carbonyl (C=O) groups is 1. The van der Waals surface area contributed by atoms with Crippen LogP contribution in [-0.2, 0) is 0 Å². The van der Waals surface area contributed by atoms with Crippen LogP contribution in [0.2, 0.25) is 0 Å². The molecule has 0 radical (unpaired) electrons. The summed E-state index contributed by atoms with van der Waals surface area (Å²) < 4.78 is 26.3. The molecule has 18 heavy (non-hydrogen) atoms. The topological polar surface area (TPSA) is 40.5 Å². The van der Waals surface area contributed by atoms with E-state index in [1.807, 2.05) is 11.9 Å². The summed E-state index contributed by atoms with van der Waals surface area (Å²) in [7, 11) is 1.81. The third-order valence-electron chi connectivity index (χ3n) is 2.67. The van der Waals surface area contributed by atoms with Crippen LogP contribution >= 0.6 is 0 Å². The van der Waals surface area contributed by atoms with Gasteiger partial charge in [-0.3, -0.25) is 4.79 Å². The van der Waals surface area contributed by atoms with Crippen molar-refractivity contribution >= 4 is 5.78 Å². The van der Waals surface area contributed by atoms with Crippen molar-refractivity contribution in [3.63, 3.8) is 0 Å². The summed E-state index contributed by atoms with van der Waals surface area (Å²) in [5.41, 5.74) is -0.203. The van der Waals surface area contributed by atoms with Crippen molar-refractivity contribution in [1.29, 1.82) is 0 Å². The molecule has 0 aromatic heterocycles. The van der Waals surface area contributed by atoms with Gasteiger partial charge >= 0.3 is 0 Å². The number of hydrogen-bond donors (Lipinski definition) is 1. The summed E-state index contributed by atoms with van der Waals surface area (Å²) in [5, 5.41) is 8.65. The van der Waals surface area contributed by atoms with Crippen molar-refractivity contribution in [3.05, 3.63) is 35.4 Å². The molecule has 0 fully saturated rings. The first-order valence-electron chi connectivity index (χ1n) is 5.83. The predicted molar refractivity (Wildman–Crippen MR) is 64.5 cm³/mol. The highest BCUT2D eigenvalue weighted by Crippen LogP contribution is 2.13. The largest absolute Gasteiger partial charge is 0.396 e. The molecule has 0 aliphatic carbocycles. The Hall–Kier alpha value is -1.33. The molecular weight excluding hydrogens is 240 g/mol. The maximum absolute atomic E-state index is 13.3. The van der Waals surface area contributed by atoms with Crippen molar-refractivity contribution in [2.75, 3.05) is 26.7 Å². The zero-order valence-electron chi connectivity index (χ0n) is 10.3. The number of aliphatic hydroxyl groups excluding tert-OH is 1. The Morgan fingerprint density at radius 2 is 2.06 bits per heavy atom. The van der Waals surface area contributed by atoms with Crippen LogP contribution in [0, 0.1) is 11.6 Å². The quantitative estimate of drug-likeness (QED) is 0.758. The van der Waals surface area contributed by atoms with Gasteiger partial charge in [-0.15, -0.1) is 0 Å². The van der Waals surface area contributed by atoms with E-state index in [9.17, 15) is 13.6 Å². The second kappa shape index (κ2) is 7.18. The summed E-state index contributed by atoms with van der Waals surface area (Å²) in [6.07, 6.45) is 0.751. The molecule has 3 nitrogen and oxygen atoms in total. The molecule has 0 unspecified atom stereocenters. The molecule has 0 aliphatic heterocycles. The van der Waals surface area contributed by atoms with Gasteiger partial charge in [-0.05, 0) is 25.6 Å². The lowest BCUT2D eigenvalue weighted by Crippen LogP contribution is -2.24. The molecule has 0 saturated heterocycles. The third kappa shape index (κ3) is 4.16. The van der Waals surface area contributed by atoms with Gasteiger partial charge in [0.1, 0.15) is 0 Å². The van der Waals surface area contributed by atoms with Gasteiger partial charge in [0.05, 0.1) is 5.56 Å². The average molecular weight is 257 g/mol. The molecule has 0 heterocycles. The van der Waals surface area contributed by atoms with Crippen molar-refractivity contribution in [3.8, 4) is 0 Å². The first-order chi connectivity index (χ1) is 8.56. The SMILES string of the molecule is CN(CCCO)CCC(=O)c1cccc(F)c1F. The smallest absolute Gasteiger partial charge is 0.169 e. The summed E-state index contributed by atoms with van der Waals surface area (Å²) >= 11 is 0. The van der Waals surface area contributed by atoms with Gasteiger partial charge in [0.25, 0.3) is 0 Å². The van der Waals surface area contributed by atoms with E-state index >= 15 is 0 Å². The molecule has 100 valence electrons. The minimum atomic E-state index is -1.08. The lowest BCUT2D eigenvalue weighted by atomic mass is 10.1. The zero-order valence-corrected chi connectivity index (χ0v) is 10.3. The van der Waals surface area contributed by atoms with Crippen LogP contribution < -0.4 is 0 Å². The Kier molecular flexibility index (Phi) is 5.88. The summed E-state index contributed by atoms with van der Waals surface area (Å²) in [6, 6.07) is 3.59. The number of ketones is 1. The minimum absolute atomic E-state index is 0.0941. The number of nitrogens with zero attached hydrogens (tertiary/aromatic N) is 1. The fourth-order valence-electron chi connectivity index (χ4n) is 1.60. The highest BCUT2D eigenvalue weighted by Gasteiger charge is 2.15. The molecular formula is C13H17F2NO2. The van der Waals surface area contributed by atoms with Crippen molar-refractivity contribution in [1.82, 2.24) is 4.90 Å². The average Bonchev–Trinajstić information content (AvgIpc) is 2.36. The molecule has 0 amide bonds. The molecule has 0 spiro atoms. The molecule has 1 aromatic carbocycles. The van der Waals surface area contributed by atoms with E-state index in [1.165, 1.54) is 12.1 Å². The molecule has 1 N–H and O–H groups in total. The number of carbonyl (C=O) groups excluding carboxylic acids is 1. The summed E-state index contributed by atoms with van der Waals surface area (Å²) in [6.45, 7) is 1.21. The molecule has 5 heteroatoms. The van der Waals surface area contributed by atoms with Crippen LogP contribution in [-0.4, -0.2) is 42.5 Å². The van der Waals surface area contributed by atoms with Crippen molar-refractivity contribution < 1.29 is 18.7 Å². The van der Waals surface area contributed by atoms with Crippen LogP contribution in [0.3, 0.4) is 0 Å². The van der Waals surface area contributed by atoms with Gasteiger partial charge in [0.2, 0.25) is 0 Å². The Labute approximate surface area is 105 Å². The van der Waals surface area contributed by atoms with Crippen LogP contribution in [0.4, 0.5) is 8.78 Å². The highest BCUT2D eigenvalue weighted by atomic mass is 19.2. The normalized spacial score (nSPS) is 10.9. The molecule has 0 saturated carbocycles. The van der Waals surface area contributed by atoms with E-state index in [1.54, 1.807) is 0 Å². The molecule has 0 aliphatic rings. The lowest BCUT2D eigenvalue weighted by Gasteiger charge is -2.15. The van der Waals surface area contributed by atoms with E-state index in [-0.39, 0.29) is 18.6 Å². The zero-order chi connectivity index (χ0) is 13.5.